The van der Waals surface area contributed by atoms with Gasteiger partial charge in [0.15, 0.2) is 0 Å². The molecule has 0 aromatic heterocycles. The predicted octanol–water partition coefficient (Wildman–Crippen LogP) is 1.76. The lowest BCUT2D eigenvalue weighted by Gasteiger charge is -2.10. The van der Waals surface area contributed by atoms with E-state index in [1.807, 2.05) is 0 Å². The lowest BCUT2D eigenvalue weighted by Crippen LogP contribution is -2.12. The third-order valence-corrected chi connectivity index (χ3v) is 2.25. The summed E-state index contributed by atoms with van der Waals surface area (Å²) in [6.07, 6.45) is 1.66. The van der Waals surface area contributed by atoms with E-state index < -0.39 is 4.92 Å². The van der Waals surface area contributed by atoms with Crippen molar-refractivity contribution in [3.05, 3.63) is 39.9 Å². The maximum Gasteiger partial charge on any atom is 0.269 e. The van der Waals surface area contributed by atoms with Crippen molar-refractivity contribution in [2.24, 2.45) is 11.5 Å². The molecular weight excluding hydrogens is 230 g/mol. The van der Waals surface area contributed by atoms with E-state index in [9.17, 15) is 10.1 Å². The number of non-ortho nitro benzene ring substituents is 1. The first-order valence-electron chi connectivity index (χ1n) is 4.85. The number of benzene rings is 1. The molecule has 1 atom stereocenters. The van der Waals surface area contributed by atoms with Gasteiger partial charge >= 0.3 is 0 Å². The molecule has 0 saturated heterocycles. The van der Waals surface area contributed by atoms with E-state index in [0.29, 0.717) is 6.54 Å². The number of rotatable bonds is 5. The summed E-state index contributed by atoms with van der Waals surface area (Å²) in [6, 6.07) is 6.24. The van der Waals surface area contributed by atoms with E-state index in [1.165, 1.54) is 12.1 Å². The first kappa shape index (κ1) is 14.8. The summed E-state index contributed by atoms with van der Waals surface area (Å²) >= 11 is 0. The lowest BCUT2D eigenvalue weighted by atomic mass is 10.0. The van der Waals surface area contributed by atoms with Crippen LogP contribution in [0.25, 0.3) is 0 Å². The Hall–Kier alpha value is -1.17. The molecule has 6 heteroatoms. The van der Waals surface area contributed by atoms with E-state index in [1.54, 1.807) is 12.1 Å². The molecule has 0 radical (unpaired) electrons. The summed E-state index contributed by atoms with van der Waals surface area (Å²) in [5, 5.41) is 10.4. The molecule has 16 heavy (non-hydrogen) atoms. The number of nitro groups is 1. The van der Waals surface area contributed by atoms with Crippen molar-refractivity contribution in [3.63, 3.8) is 0 Å². The molecule has 0 aliphatic carbocycles. The second-order valence-electron chi connectivity index (χ2n) is 3.39. The molecule has 1 aromatic carbocycles. The number of nitrogens with two attached hydrogens (primary N) is 2. The van der Waals surface area contributed by atoms with Crippen LogP contribution in [0.3, 0.4) is 0 Å². The molecule has 5 nitrogen and oxygen atoms in total. The first-order chi connectivity index (χ1) is 7.15. The van der Waals surface area contributed by atoms with Crippen LogP contribution in [-0.2, 0) is 0 Å². The van der Waals surface area contributed by atoms with E-state index >= 15 is 0 Å². The normalized spacial score (nSPS) is 11.6. The van der Waals surface area contributed by atoms with Crippen molar-refractivity contribution < 1.29 is 4.92 Å². The van der Waals surface area contributed by atoms with E-state index in [-0.39, 0.29) is 24.1 Å². The van der Waals surface area contributed by atoms with Gasteiger partial charge in [-0.1, -0.05) is 12.1 Å². The van der Waals surface area contributed by atoms with Crippen LogP contribution in [0.2, 0.25) is 0 Å². The molecule has 0 bridgehead atoms. The standard InChI is InChI=1S/C10H15N3O2.ClH/c11-7-1-2-10(12)8-3-5-9(6-4-8)13(14)15;/h3-6,10H,1-2,7,11-12H2;1H/t10-;/m1./s1. The number of nitrogens with zero attached hydrogens (tertiary/aromatic N) is 1. The summed E-state index contributed by atoms with van der Waals surface area (Å²) in [5.41, 5.74) is 12.3. The molecular formula is C10H16ClN3O2. The molecule has 0 fully saturated rings. The van der Waals surface area contributed by atoms with E-state index in [0.717, 1.165) is 18.4 Å². The van der Waals surface area contributed by atoms with Crippen LogP contribution in [0.5, 0.6) is 0 Å². The van der Waals surface area contributed by atoms with Crippen LogP contribution < -0.4 is 11.5 Å². The maximum atomic E-state index is 10.4. The molecule has 0 aliphatic rings. The van der Waals surface area contributed by atoms with Crippen LogP contribution in [-0.4, -0.2) is 11.5 Å². The summed E-state index contributed by atoms with van der Waals surface area (Å²) < 4.78 is 0. The van der Waals surface area contributed by atoms with E-state index in [2.05, 4.69) is 0 Å². The molecule has 0 heterocycles. The fourth-order valence-corrected chi connectivity index (χ4v) is 1.35. The van der Waals surface area contributed by atoms with Crippen molar-refractivity contribution in [1.82, 2.24) is 0 Å². The van der Waals surface area contributed by atoms with Gasteiger partial charge in [0, 0.05) is 18.2 Å². The number of nitro benzene ring substituents is 1. The second kappa shape index (κ2) is 7.16. The fraction of sp³-hybridized carbons (Fsp3) is 0.400. The van der Waals surface area contributed by atoms with Crippen LogP contribution in [0.4, 0.5) is 5.69 Å². The second-order valence-corrected chi connectivity index (χ2v) is 3.39. The summed E-state index contributed by atoms with van der Waals surface area (Å²) in [5.74, 6) is 0. The molecule has 1 rings (SSSR count). The van der Waals surface area contributed by atoms with Crippen molar-refractivity contribution in [2.45, 2.75) is 18.9 Å². The highest BCUT2D eigenvalue weighted by Gasteiger charge is 2.08. The zero-order valence-electron chi connectivity index (χ0n) is 8.83. The van der Waals surface area contributed by atoms with Crippen molar-refractivity contribution in [3.8, 4) is 0 Å². The molecule has 0 amide bonds. The minimum Gasteiger partial charge on any atom is -0.330 e. The number of hydrogen-bond acceptors (Lipinski definition) is 4. The number of hydrogen-bond donors (Lipinski definition) is 2. The van der Waals surface area contributed by atoms with Crippen LogP contribution in [0, 0.1) is 10.1 Å². The number of halogens is 1. The Morgan fingerprint density at radius 2 is 1.88 bits per heavy atom. The highest BCUT2D eigenvalue weighted by molar-refractivity contribution is 5.85. The molecule has 0 aliphatic heterocycles. The molecule has 0 spiro atoms. The summed E-state index contributed by atoms with van der Waals surface area (Å²) in [6.45, 7) is 0.612. The van der Waals surface area contributed by atoms with Gasteiger partial charge < -0.3 is 11.5 Å². The maximum absolute atomic E-state index is 10.4. The van der Waals surface area contributed by atoms with Crippen molar-refractivity contribution in [2.75, 3.05) is 6.54 Å². The van der Waals surface area contributed by atoms with Gasteiger partial charge in [0.2, 0.25) is 0 Å². The van der Waals surface area contributed by atoms with Crippen molar-refractivity contribution >= 4 is 18.1 Å². The van der Waals surface area contributed by atoms with Crippen LogP contribution in [0.1, 0.15) is 24.4 Å². The largest absolute Gasteiger partial charge is 0.330 e. The van der Waals surface area contributed by atoms with Gasteiger partial charge in [-0.15, -0.1) is 12.4 Å². The van der Waals surface area contributed by atoms with Gasteiger partial charge in [-0.3, -0.25) is 10.1 Å². The quantitative estimate of drug-likeness (QED) is 0.610. The Morgan fingerprint density at radius 3 is 2.31 bits per heavy atom. The lowest BCUT2D eigenvalue weighted by molar-refractivity contribution is -0.384. The minimum atomic E-state index is -0.421. The predicted molar refractivity (Wildman–Crippen MR) is 65.6 cm³/mol. The highest BCUT2D eigenvalue weighted by atomic mass is 35.5. The zero-order valence-corrected chi connectivity index (χ0v) is 9.65. The Balaban J connectivity index is 0.00000225. The monoisotopic (exact) mass is 245 g/mol. The Morgan fingerprint density at radius 1 is 1.31 bits per heavy atom. The van der Waals surface area contributed by atoms with Gasteiger partial charge in [-0.05, 0) is 24.9 Å². The van der Waals surface area contributed by atoms with Crippen LogP contribution in [0.15, 0.2) is 24.3 Å². The smallest absolute Gasteiger partial charge is 0.269 e. The third-order valence-electron chi connectivity index (χ3n) is 2.25. The molecule has 0 saturated carbocycles. The van der Waals surface area contributed by atoms with Gasteiger partial charge in [-0.2, -0.15) is 0 Å². The van der Waals surface area contributed by atoms with Gasteiger partial charge in [0.1, 0.15) is 0 Å². The molecule has 0 unspecified atom stereocenters. The van der Waals surface area contributed by atoms with Crippen molar-refractivity contribution in [1.29, 1.82) is 0 Å². The fourth-order valence-electron chi connectivity index (χ4n) is 1.35. The average molecular weight is 246 g/mol. The summed E-state index contributed by atoms with van der Waals surface area (Å²) in [4.78, 5) is 9.99. The highest BCUT2D eigenvalue weighted by Crippen LogP contribution is 2.18. The van der Waals surface area contributed by atoms with Gasteiger partial charge in [0.05, 0.1) is 4.92 Å². The minimum absolute atomic E-state index is 0. The molecule has 4 N–H and O–H groups in total. The van der Waals surface area contributed by atoms with E-state index in [4.69, 9.17) is 11.5 Å². The van der Waals surface area contributed by atoms with Gasteiger partial charge in [0.25, 0.3) is 5.69 Å². The SMILES string of the molecule is Cl.NCCC[C@@H](N)c1ccc([N+](=O)[O-])cc1. The molecule has 90 valence electrons. The van der Waals surface area contributed by atoms with Crippen LogP contribution >= 0.6 is 12.4 Å². The summed E-state index contributed by atoms with van der Waals surface area (Å²) in [7, 11) is 0. The Bertz CT molecular complexity index is 329. The topological polar surface area (TPSA) is 95.2 Å². The molecule has 1 aromatic rings. The average Bonchev–Trinajstić information content (AvgIpc) is 2.26. The zero-order chi connectivity index (χ0) is 11.3. The first-order valence-corrected chi connectivity index (χ1v) is 4.85. The Labute approximate surface area is 100 Å². The third kappa shape index (κ3) is 4.14. The van der Waals surface area contributed by atoms with Gasteiger partial charge in [-0.25, -0.2) is 0 Å². The Kier molecular flexibility index (Phi) is 6.64.